The van der Waals surface area contributed by atoms with Gasteiger partial charge in [0, 0.05) is 30.4 Å². The Kier molecular flexibility index (Phi) is 5.64. The monoisotopic (exact) mass is 339 g/mol. The Morgan fingerprint density at radius 1 is 1.30 bits per heavy atom. The molecule has 0 radical (unpaired) electrons. The average Bonchev–Trinajstić information content (AvgIpc) is 2.76. The number of hydrogen-bond acceptors (Lipinski definition) is 5. The Balaban J connectivity index is 1.68. The van der Waals surface area contributed by atoms with Crippen molar-refractivity contribution in [2.45, 2.75) is 64.8 Å². The summed E-state index contributed by atoms with van der Waals surface area (Å²) >= 11 is 1.62. The summed E-state index contributed by atoms with van der Waals surface area (Å²) in [5.74, 6) is -0.0603. The van der Waals surface area contributed by atoms with Crippen LogP contribution >= 0.6 is 11.3 Å². The number of carbonyl (C=O) groups is 2. The van der Waals surface area contributed by atoms with Crippen molar-refractivity contribution in [1.29, 1.82) is 0 Å². The molecule has 23 heavy (non-hydrogen) atoms. The molecule has 1 fully saturated rings. The van der Waals surface area contributed by atoms with E-state index >= 15 is 0 Å². The largest absolute Gasteiger partial charge is 0.444 e. The number of nitrogens with one attached hydrogen (secondary N) is 3. The molecule has 0 unspecified atom stereocenters. The predicted octanol–water partition coefficient (Wildman–Crippen LogP) is 2.85. The minimum atomic E-state index is -0.467. The number of anilines is 1. The Labute approximate surface area is 141 Å². The first-order chi connectivity index (χ1) is 10.7. The zero-order valence-electron chi connectivity index (χ0n) is 14.1. The predicted molar refractivity (Wildman–Crippen MR) is 91.6 cm³/mol. The van der Waals surface area contributed by atoms with Gasteiger partial charge in [-0.1, -0.05) is 0 Å². The molecule has 7 heteroatoms. The van der Waals surface area contributed by atoms with Crippen LogP contribution in [-0.4, -0.2) is 29.7 Å². The molecule has 0 atom stereocenters. The van der Waals surface area contributed by atoms with Crippen LogP contribution < -0.4 is 16.0 Å². The van der Waals surface area contributed by atoms with Crippen LogP contribution in [0.2, 0.25) is 0 Å². The van der Waals surface area contributed by atoms with E-state index in [0.717, 1.165) is 30.0 Å². The van der Waals surface area contributed by atoms with E-state index in [4.69, 9.17) is 4.74 Å². The summed E-state index contributed by atoms with van der Waals surface area (Å²) in [6.07, 6.45) is 1.42. The van der Waals surface area contributed by atoms with Crippen LogP contribution in [0.5, 0.6) is 0 Å². The molecule has 2 amide bonds. The smallest absolute Gasteiger partial charge is 0.407 e. The van der Waals surface area contributed by atoms with E-state index in [2.05, 4.69) is 16.0 Å². The normalized spacial score (nSPS) is 20.5. The first-order valence-corrected chi connectivity index (χ1v) is 8.68. The van der Waals surface area contributed by atoms with Gasteiger partial charge in [-0.2, -0.15) is 0 Å². The van der Waals surface area contributed by atoms with Crippen LogP contribution in [0.4, 0.5) is 10.5 Å². The van der Waals surface area contributed by atoms with Gasteiger partial charge < -0.3 is 20.7 Å². The van der Waals surface area contributed by atoms with Gasteiger partial charge in [0.1, 0.15) is 5.60 Å². The third-order valence-electron chi connectivity index (χ3n) is 3.47. The molecule has 1 aromatic heterocycles. The highest BCUT2D eigenvalue weighted by molar-refractivity contribution is 7.10. The van der Waals surface area contributed by atoms with Gasteiger partial charge in [-0.3, -0.25) is 4.79 Å². The van der Waals surface area contributed by atoms with Gasteiger partial charge in [0.2, 0.25) is 5.91 Å². The fraction of sp³-hybridized carbons (Fsp3) is 0.625. The third kappa shape index (κ3) is 5.84. The maximum atomic E-state index is 11.7. The average molecular weight is 339 g/mol. The van der Waals surface area contributed by atoms with Gasteiger partial charge in [0.05, 0.1) is 5.69 Å². The molecule has 1 aliphatic rings. The van der Waals surface area contributed by atoms with Crippen molar-refractivity contribution in [2.75, 3.05) is 5.32 Å². The van der Waals surface area contributed by atoms with E-state index in [1.807, 2.05) is 32.2 Å². The number of alkyl carbamates (subject to hydrolysis) is 1. The van der Waals surface area contributed by atoms with E-state index in [9.17, 15) is 9.59 Å². The van der Waals surface area contributed by atoms with Crippen LogP contribution in [0.1, 0.15) is 45.4 Å². The zero-order chi connectivity index (χ0) is 17.0. The molecule has 1 aromatic rings. The van der Waals surface area contributed by atoms with Crippen LogP contribution in [0.3, 0.4) is 0 Å². The molecule has 6 nitrogen and oxygen atoms in total. The minimum Gasteiger partial charge on any atom is -0.444 e. The lowest BCUT2D eigenvalue weighted by molar-refractivity contribution is -0.114. The number of hydrogen-bond donors (Lipinski definition) is 3. The molecule has 0 bridgehead atoms. The van der Waals surface area contributed by atoms with E-state index in [-0.39, 0.29) is 18.0 Å². The molecule has 3 N–H and O–H groups in total. The maximum Gasteiger partial charge on any atom is 0.407 e. The van der Waals surface area contributed by atoms with Gasteiger partial charge in [-0.05, 0) is 45.1 Å². The lowest BCUT2D eigenvalue weighted by atomic mass is 9.87. The van der Waals surface area contributed by atoms with Crippen LogP contribution in [0, 0.1) is 0 Å². The molecule has 1 aliphatic carbocycles. The highest BCUT2D eigenvalue weighted by atomic mass is 32.1. The second kappa shape index (κ2) is 7.31. The molecule has 1 saturated carbocycles. The fourth-order valence-electron chi connectivity index (χ4n) is 2.39. The molecule has 1 heterocycles. The van der Waals surface area contributed by atoms with E-state index < -0.39 is 5.60 Å². The lowest BCUT2D eigenvalue weighted by Gasteiger charge is -2.36. The lowest BCUT2D eigenvalue weighted by Crippen LogP contribution is -2.52. The Hall–Kier alpha value is -1.60. The van der Waals surface area contributed by atoms with Gasteiger partial charge in [-0.15, -0.1) is 11.3 Å². The van der Waals surface area contributed by atoms with E-state index in [0.29, 0.717) is 6.04 Å². The van der Waals surface area contributed by atoms with Crippen molar-refractivity contribution in [3.05, 3.63) is 16.3 Å². The third-order valence-corrected chi connectivity index (χ3v) is 4.39. The molecule has 0 spiro atoms. The van der Waals surface area contributed by atoms with Crippen molar-refractivity contribution in [2.24, 2.45) is 0 Å². The summed E-state index contributed by atoms with van der Waals surface area (Å²) in [4.78, 5) is 23.9. The summed E-state index contributed by atoms with van der Waals surface area (Å²) in [5.41, 5.74) is 0.405. The molecular formula is C16H25N3O3S. The zero-order valence-corrected chi connectivity index (χ0v) is 14.9. The van der Waals surface area contributed by atoms with E-state index in [1.54, 1.807) is 11.3 Å². The highest BCUT2D eigenvalue weighted by Gasteiger charge is 2.31. The summed E-state index contributed by atoms with van der Waals surface area (Å²) in [6, 6.07) is 2.46. The summed E-state index contributed by atoms with van der Waals surface area (Å²) in [7, 11) is 0. The first-order valence-electron chi connectivity index (χ1n) is 7.80. The van der Waals surface area contributed by atoms with Gasteiger partial charge in [0.25, 0.3) is 0 Å². The fourth-order valence-corrected chi connectivity index (χ4v) is 3.17. The van der Waals surface area contributed by atoms with Gasteiger partial charge >= 0.3 is 6.09 Å². The Morgan fingerprint density at radius 3 is 2.61 bits per heavy atom. The minimum absolute atomic E-state index is 0.0603. The summed E-state index contributed by atoms with van der Waals surface area (Å²) in [6.45, 7) is 7.78. The van der Waals surface area contributed by atoms with Crippen molar-refractivity contribution >= 4 is 29.0 Å². The van der Waals surface area contributed by atoms with Crippen molar-refractivity contribution in [3.63, 3.8) is 0 Å². The molecular weight excluding hydrogens is 314 g/mol. The van der Waals surface area contributed by atoms with Gasteiger partial charge in [0.15, 0.2) is 0 Å². The SMILES string of the molecule is CC(=O)Nc1ccsc1CNC1CC(NC(=O)OC(C)(C)C)C1. The summed E-state index contributed by atoms with van der Waals surface area (Å²) in [5, 5.41) is 11.1. The number of thiophene rings is 1. The van der Waals surface area contributed by atoms with E-state index in [1.165, 1.54) is 6.92 Å². The van der Waals surface area contributed by atoms with Crippen molar-refractivity contribution < 1.29 is 14.3 Å². The second-order valence-corrected chi connectivity index (χ2v) is 7.83. The Bertz CT molecular complexity index is 559. The number of amides is 2. The highest BCUT2D eigenvalue weighted by Crippen LogP contribution is 2.25. The Morgan fingerprint density at radius 2 is 2.00 bits per heavy atom. The summed E-state index contributed by atoms with van der Waals surface area (Å²) < 4.78 is 5.24. The number of rotatable bonds is 5. The van der Waals surface area contributed by atoms with Crippen LogP contribution in [-0.2, 0) is 16.1 Å². The first kappa shape index (κ1) is 17.7. The van der Waals surface area contributed by atoms with Crippen LogP contribution in [0.15, 0.2) is 11.4 Å². The molecule has 0 aliphatic heterocycles. The standard InChI is InChI=1S/C16H25N3O3S/c1-10(20)18-13-5-6-23-14(13)9-17-11-7-12(8-11)19-15(21)22-16(2,3)4/h5-6,11-12,17H,7-9H2,1-4H3,(H,18,20)(H,19,21). The number of ether oxygens (including phenoxy) is 1. The topological polar surface area (TPSA) is 79.5 Å². The quantitative estimate of drug-likeness (QED) is 0.771. The second-order valence-electron chi connectivity index (χ2n) is 6.83. The van der Waals surface area contributed by atoms with Crippen LogP contribution in [0.25, 0.3) is 0 Å². The molecule has 128 valence electrons. The van der Waals surface area contributed by atoms with Crippen molar-refractivity contribution in [3.8, 4) is 0 Å². The van der Waals surface area contributed by atoms with Crippen molar-refractivity contribution in [1.82, 2.24) is 10.6 Å². The molecule has 0 saturated heterocycles. The molecule has 0 aromatic carbocycles. The molecule has 2 rings (SSSR count). The number of carbonyl (C=O) groups excluding carboxylic acids is 2. The van der Waals surface area contributed by atoms with Gasteiger partial charge in [-0.25, -0.2) is 4.79 Å². The maximum absolute atomic E-state index is 11.7.